The van der Waals surface area contributed by atoms with Crippen molar-refractivity contribution in [3.05, 3.63) is 77.6 Å². The molecular weight excluding hydrogens is 414 g/mol. The highest BCUT2D eigenvalue weighted by Crippen LogP contribution is 2.24. The van der Waals surface area contributed by atoms with Gasteiger partial charge in [-0.3, -0.25) is 13.9 Å². The van der Waals surface area contributed by atoms with Gasteiger partial charge in [-0.2, -0.15) is 0 Å². The molecule has 1 aliphatic heterocycles. The van der Waals surface area contributed by atoms with Crippen LogP contribution in [0.25, 0.3) is 0 Å². The fraction of sp³-hybridized carbons (Fsp3) is 0.304. The van der Waals surface area contributed by atoms with Gasteiger partial charge in [0.1, 0.15) is 6.04 Å². The Hall–Kier alpha value is -3.13. The molecule has 4 rings (SSSR count). The quantitative estimate of drug-likeness (QED) is 0.745. The number of rotatable bonds is 5. The summed E-state index contributed by atoms with van der Waals surface area (Å²) in [5.41, 5.74) is 3.43. The topological polar surface area (TPSA) is 95.6 Å². The Labute approximate surface area is 182 Å². The SMILES string of the molecule is Cc1ccc(S(=O)(=O)N2C=CNC(=O)C2CC(=O)N[C@H]2CCc3ccccc3C2)cc1. The summed E-state index contributed by atoms with van der Waals surface area (Å²) in [6, 6.07) is 13.4. The fourth-order valence-electron chi connectivity index (χ4n) is 4.05. The summed E-state index contributed by atoms with van der Waals surface area (Å²) in [6.45, 7) is 1.86. The highest BCUT2D eigenvalue weighted by atomic mass is 32.2. The Morgan fingerprint density at radius 1 is 1.13 bits per heavy atom. The van der Waals surface area contributed by atoms with E-state index in [0.717, 1.165) is 29.1 Å². The van der Waals surface area contributed by atoms with E-state index in [-0.39, 0.29) is 23.3 Å². The molecule has 31 heavy (non-hydrogen) atoms. The van der Waals surface area contributed by atoms with Crippen LogP contribution in [0.5, 0.6) is 0 Å². The van der Waals surface area contributed by atoms with E-state index in [4.69, 9.17) is 0 Å². The van der Waals surface area contributed by atoms with Crippen molar-refractivity contribution in [1.82, 2.24) is 14.9 Å². The first-order chi connectivity index (χ1) is 14.8. The standard InChI is InChI=1S/C23H25N3O4S/c1-16-6-10-20(11-7-16)31(29,30)26-13-12-24-23(28)21(26)15-22(27)25-19-9-8-17-4-2-3-5-18(17)14-19/h2-7,10-13,19,21H,8-9,14-15H2,1H3,(H,24,28)(H,25,27)/t19-,21?/m0/s1. The summed E-state index contributed by atoms with van der Waals surface area (Å²) < 4.78 is 27.2. The smallest absolute Gasteiger partial charge is 0.264 e. The molecule has 2 atom stereocenters. The van der Waals surface area contributed by atoms with E-state index in [0.29, 0.717) is 0 Å². The van der Waals surface area contributed by atoms with Crippen LogP contribution < -0.4 is 10.6 Å². The van der Waals surface area contributed by atoms with Crippen LogP contribution in [0.3, 0.4) is 0 Å². The Bertz CT molecular complexity index is 1130. The number of fused-ring (bicyclic) bond motifs is 1. The lowest BCUT2D eigenvalue weighted by molar-refractivity contribution is -0.129. The van der Waals surface area contributed by atoms with Crippen molar-refractivity contribution in [2.45, 2.75) is 49.6 Å². The minimum atomic E-state index is -3.97. The van der Waals surface area contributed by atoms with Crippen molar-refractivity contribution in [2.24, 2.45) is 0 Å². The highest BCUT2D eigenvalue weighted by Gasteiger charge is 2.37. The Morgan fingerprint density at radius 2 is 1.84 bits per heavy atom. The molecule has 162 valence electrons. The van der Waals surface area contributed by atoms with E-state index in [2.05, 4.69) is 22.8 Å². The summed E-state index contributed by atoms with van der Waals surface area (Å²) in [7, 11) is -3.97. The maximum Gasteiger partial charge on any atom is 0.264 e. The molecule has 1 heterocycles. The Balaban J connectivity index is 1.48. The lowest BCUT2D eigenvalue weighted by Gasteiger charge is -2.32. The summed E-state index contributed by atoms with van der Waals surface area (Å²) >= 11 is 0. The van der Waals surface area contributed by atoms with Gasteiger partial charge in [0.05, 0.1) is 11.3 Å². The second-order valence-corrected chi connectivity index (χ2v) is 9.81. The Kier molecular flexibility index (Phi) is 5.82. The number of nitrogens with zero attached hydrogens (tertiary/aromatic N) is 1. The molecule has 7 nitrogen and oxygen atoms in total. The maximum atomic E-state index is 13.1. The fourth-order valence-corrected chi connectivity index (χ4v) is 5.50. The number of carbonyl (C=O) groups excluding carboxylic acids is 2. The van der Waals surface area contributed by atoms with Gasteiger partial charge in [-0.05, 0) is 49.4 Å². The van der Waals surface area contributed by atoms with Gasteiger partial charge in [-0.25, -0.2) is 8.42 Å². The van der Waals surface area contributed by atoms with Crippen LogP contribution in [-0.4, -0.2) is 36.6 Å². The molecule has 1 unspecified atom stereocenters. The monoisotopic (exact) mass is 439 g/mol. The number of nitrogens with one attached hydrogen (secondary N) is 2. The molecular formula is C23H25N3O4S. The molecule has 2 aromatic rings. The first kappa shape index (κ1) is 21.1. The molecule has 0 fully saturated rings. The zero-order valence-electron chi connectivity index (χ0n) is 17.2. The number of hydrogen-bond acceptors (Lipinski definition) is 4. The van der Waals surface area contributed by atoms with Gasteiger partial charge in [0, 0.05) is 18.4 Å². The van der Waals surface area contributed by atoms with Crippen LogP contribution in [0.4, 0.5) is 0 Å². The van der Waals surface area contributed by atoms with Gasteiger partial charge in [-0.1, -0.05) is 42.0 Å². The lowest BCUT2D eigenvalue weighted by Crippen LogP contribution is -2.52. The van der Waals surface area contributed by atoms with Crippen molar-refractivity contribution in [3.63, 3.8) is 0 Å². The molecule has 2 amide bonds. The molecule has 0 radical (unpaired) electrons. The number of sulfonamides is 1. The third kappa shape index (κ3) is 4.49. The van der Waals surface area contributed by atoms with Gasteiger partial charge >= 0.3 is 0 Å². The molecule has 8 heteroatoms. The molecule has 0 saturated heterocycles. The first-order valence-corrected chi connectivity index (χ1v) is 11.7. The van der Waals surface area contributed by atoms with Gasteiger partial charge in [0.25, 0.3) is 10.0 Å². The van der Waals surface area contributed by atoms with Crippen LogP contribution >= 0.6 is 0 Å². The summed E-state index contributed by atoms with van der Waals surface area (Å²) in [6.07, 6.45) is 4.74. The molecule has 2 aromatic carbocycles. The van der Waals surface area contributed by atoms with E-state index in [9.17, 15) is 18.0 Å². The van der Waals surface area contributed by atoms with Gasteiger partial charge in [0.15, 0.2) is 0 Å². The number of carbonyl (C=O) groups is 2. The first-order valence-electron chi connectivity index (χ1n) is 10.3. The van der Waals surface area contributed by atoms with Gasteiger partial charge in [-0.15, -0.1) is 0 Å². The largest absolute Gasteiger partial charge is 0.353 e. The zero-order valence-corrected chi connectivity index (χ0v) is 18.1. The van der Waals surface area contributed by atoms with Crippen LogP contribution in [0, 0.1) is 6.92 Å². The van der Waals surface area contributed by atoms with Crippen molar-refractivity contribution in [1.29, 1.82) is 0 Å². The number of amides is 2. The van der Waals surface area contributed by atoms with Crippen molar-refractivity contribution in [3.8, 4) is 0 Å². The third-order valence-electron chi connectivity index (χ3n) is 5.74. The van der Waals surface area contributed by atoms with Crippen molar-refractivity contribution < 1.29 is 18.0 Å². The minimum absolute atomic E-state index is 0.0354. The number of hydrogen-bond donors (Lipinski definition) is 2. The van der Waals surface area contributed by atoms with Crippen LogP contribution in [-0.2, 0) is 32.5 Å². The van der Waals surface area contributed by atoms with Crippen LogP contribution in [0.1, 0.15) is 29.5 Å². The van der Waals surface area contributed by atoms with E-state index >= 15 is 0 Å². The average molecular weight is 440 g/mol. The van der Waals surface area contributed by atoms with E-state index < -0.39 is 22.0 Å². The van der Waals surface area contributed by atoms with Crippen molar-refractivity contribution in [2.75, 3.05) is 0 Å². The third-order valence-corrected chi connectivity index (χ3v) is 7.54. The summed E-state index contributed by atoms with van der Waals surface area (Å²) in [4.78, 5) is 25.3. The predicted octanol–water partition coefficient (Wildman–Crippen LogP) is 2.02. The normalized spacial score (nSPS) is 20.7. The molecule has 0 spiro atoms. The number of aryl methyl sites for hydroxylation is 2. The predicted molar refractivity (Wildman–Crippen MR) is 116 cm³/mol. The van der Waals surface area contributed by atoms with Crippen molar-refractivity contribution >= 4 is 21.8 Å². The van der Waals surface area contributed by atoms with Crippen LogP contribution in [0.2, 0.25) is 0 Å². The van der Waals surface area contributed by atoms with E-state index in [1.54, 1.807) is 12.1 Å². The number of benzene rings is 2. The van der Waals surface area contributed by atoms with E-state index in [1.807, 2.05) is 19.1 Å². The van der Waals surface area contributed by atoms with E-state index in [1.165, 1.54) is 35.7 Å². The Morgan fingerprint density at radius 3 is 2.58 bits per heavy atom. The molecule has 1 aliphatic carbocycles. The molecule has 2 N–H and O–H groups in total. The van der Waals surface area contributed by atoms with Gasteiger partial charge < -0.3 is 10.6 Å². The maximum absolute atomic E-state index is 13.1. The molecule has 0 aromatic heterocycles. The zero-order chi connectivity index (χ0) is 22.0. The second-order valence-electron chi connectivity index (χ2n) is 7.97. The molecule has 2 aliphatic rings. The minimum Gasteiger partial charge on any atom is -0.353 e. The molecule has 0 saturated carbocycles. The van der Waals surface area contributed by atoms with Crippen LogP contribution in [0.15, 0.2) is 65.8 Å². The highest BCUT2D eigenvalue weighted by molar-refractivity contribution is 7.89. The van der Waals surface area contributed by atoms with Gasteiger partial charge in [0.2, 0.25) is 11.8 Å². The lowest BCUT2D eigenvalue weighted by atomic mass is 9.88. The summed E-state index contributed by atoms with van der Waals surface area (Å²) in [5.74, 6) is -0.869. The second kappa shape index (κ2) is 8.55. The summed E-state index contributed by atoms with van der Waals surface area (Å²) in [5, 5.41) is 5.49. The molecule has 0 bridgehead atoms. The average Bonchev–Trinajstić information content (AvgIpc) is 2.75.